The first kappa shape index (κ1) is 10.9. The van der Waals surface area contributed by atoms with Crippen LogP contribution >= 0.6 is 0 Å². The smallest absolute Gasteiger partial charge is 0.224 e. The number of hydrogen-bond acceptors (Lipinski definition) is 3. The van der Waals surface area contributed by atoms with E-state index in [0.29, 0.717) is 18.6 Å². The first-order valence-electron chi connectivity index (χ1n) is 6.01. The largest absolute Gasteiger partial charge is 0.354 e. The molecule has 2 heterocycles. The van der Waals surface area contributed by atoms with Gasteiger partial charge in [0.05, 0.1) is 5.92 Å². The molecule has 2 rings (SSSR count). The van der Waals surface area contributed by atoms with Gasteiger partial charge in [-0.2, -0.15) is 0 Å². The Labute approximate surface area is 91.2 Å². The van der Waals surface area contributed by atoms with Crippen molar-refractivity contribution in [2.75, 3.05) is 19.6 Å². The van der Waals surface area contributed by atoms with Crippen LogP contribution in [0.3, 0.4) is 0 Å². The maximum Gasteiger partial charge on any atom is 0.224 e. The third-order valence-electron chi connectivity index (χ3n) is 3.86. The number of rotatable bonds is 3. The third kappa shape index (κ3) is 1.88. The first-order chi connectivity index (χ1) is 7.27. The molecule has 0 bridgehead atoms. The molecule has 0 saturated carbocycles. The highest BCUT2D eigenvalue weighted by molar-refractivity contribution is 5.82. The van der Waals surface area contributed by atoms with E-state index in [1.54, 1.807) is 0 Å². The van der Waals surface area contributed by atoms with Gasteiger partial charge in [-0.3, -0.25) is 9.69 Å². The zero-order chi connectivity index (χ0) is 10.8. The average molecular weight is 211 g/mol. The van der Waals surface area contributed by atoms with Crippen LogP contribution in [0.4, 0.5) is 0 Å². The van der Waals surface area contributed by atoms with Gasteiger partial charge in [-0.25, -0.2) is 0 Å². The Bertz CT molecular complexity index is 240. The van der Waals surface area contributed by atoms with Crippen molar-refractivity contribution >= 4 is 5.91 Å². The minimum absolute atomic E-state index is 0.222. The second kappa shape index (κ2) is 4.49. The van der Waals surface area contributed by atoms with Crippen molar-refractivity contribution in [1.29, 1.82) is 0 Å². The Morgan fingerprint density at radius 1 is 1.67 bits per heavy atom. The van der Waals surface area contributed by atoms with Crippen LogP contribution < -0.4 is 11.1 Å². The number of nitrogens with zero attached hydrogens (tertiary/aromatic N) is 1. The summed E-state index contributed by atoms with van der Waals surface area (Å²) in [4.78, 5) is 14.0. The van der Waals surface area contributed by atoms with Crippen LogP contribution in [0.5, 0.6) is 0 Å². The molecule has 0 aromatic carbocycles. The molecule has 3 atom stereocenters. The Hall–Kier alpha value is -0.610. The first-order valence-corrected chi connectivity index (χ1v) is 6.01. The molecule has 2 fully saturated rings. The third-order valence-corrected chi connectivity index (χ3v) is 3.86. The van der Waals surface area contributed by atoms with Crippen LogP contribution in [0.25, 0.3) is 0 Å². The molecule has 86 valence electrons. The van der Waals surface area contributed by atoms with Crippen molar-refractivity contribution in [2.45, 2.75) is 38.3 Å². The van der Waals surface area contributed by atoms with E-state index in [9.17, 15) is 4.79 Å². The summed E-state index contributed by atoms with van der Waals surface area (Å²) in [5.41, 5.74) is 5.78. The molecule has 0 spiro atoms. The lowest BCUT2D eigenvalue weighted by atomic mass is 9.90. The van der Waals surface area contributed by atoms with Gasteiger partial charge in [0.15, 0.2) is 0 Å². The summed E-state index contributed by atoms with van der Waals surface area (Å²) >= 11 is 0. The normalized spacial score (nSPS) is 33.6. The lowest BCUT2D eigenvalue weighted by Gasteiger charge is -2.40. The van der Waals surface area contributed by atoms with E-state index < -0.39 is 0 Å². The van der Waals surface area contributed by atoms with Crippen molar-refractivity contribution in [3.8, 4) is 0 Å². The summed E-state index contributed by atoms with van der Waals surface area (Å²) in [6, 6.07) is 0.852. The molecule has 15 heavy (non-hydrogen) atoms. The highest BCUT2D eigenvalue weighted by Gasteiger charge is 2.42. The van der Waals surface area contributed by atoms with Crippen LogP contribution in [-0.2, 0) is 4.79 Å². The molecule has 4 nitrogen and oxygen atoms in total. The number of likely N-dealkylation sites (tertiary alicyclic amines) is 1. The molecule has 0 aromatic rings. The number of piperidine rings is 1. The minimum Gasteiger partial charge on any atom is -0.354 e. The lowest BCUT2D eigenvalue weighted by molar-refractivity contribution is -0.124. The van der Waals surface area contributed by atoms with Crippen molar-refractivity contribution in [3.63, 3.8) is 0 Å². The number of carbonyl (C=O) groups excluding carboxylic acids is 1. The molecule has 0 aromatic heterocycles. The van der Waals surface area contributed by atoms with E-state index in [1.165, 1.54) is 0 Å². The summed E-state index contributed by atoms with van der Waals surface area (Å²) < 4.78 is 0. The highest BCUT2D eigenvalue weighted by atomic mass is 16.2. The van der Waals surface area contributed by atoms with Gasteiger partial charge in [-0.05, 0) is 25.8 Å². The molecule has 2 saturated heterocycles. The van der Waals surface area contributed by atoms with Gasteiger partial charge in [-0.1, -0.05) is 6.92 Å². The zero-order valence-corrected chi connectivity index (χ0v) is 9.41. The zero-order valence-electron chi connectivity index (χ0n) is 9.41. The number of nitrogens with two attached hydrogens (primary N) is 1. The Kier molecular flexibility index (Phi) is 3.26. The molecule has 0 aliphatic carbocycles. The van der Waals surface area contributed by atoms with E-state index in [0.717, 1.165) is 32.4 Å². The highest BCUT2D eigenvalue weighted by Crippen LogP contribution is 2.29. The fraction of sp³-hybridized carbons (Fsp3) is 0.909. The number of amides is 1. The van der Waals surface area contributed by atoms with Crippen molar-refractivity contribution in [1.82, 2.24) is 10.2 Å². The Morgan fingerprint density at radius 3 is 3.13 bits per heavy atom. The fourth-order valence-corrected chi connectivity index (χ4v) is 2.97. The Balaban J connectivity index is 2.08. The van der Waals surface area contributed by atoms with Gasteiger partial charge >= 0.3 is 0 Å². The maximum atomic E-state index is 11.6. The quantitative estimate of drug-likeness (QED) is 0.687. The topological polar surface area (TPSA) is 58.4 Å². The van der Waals surface area contributed by atoms with E-state index >= 15 is 0 Å². The van der Waals surface area contributed by atoms with Crippen LogP contribution in [-0.4, -0.2) is 42.5 Å². The molecule has 0 radical (unpaired) electrons. The van der Waals surface area contributed by atoms with Crippen molar-refractivity contribution in [3.05, 3.63) is 0 Å². The molecule has 3 N–H and O–H groups in total. The molecular formula is C11H21N3O. The number of carbonyl (C=O) groups is 1. The molecule has 4 heteroatoms. The van der Waals surface area contributed by atoms with Crippen LogP contribution in [0.15, 0.2) is 0 Å². The summed E-state index contributed by atoms with van der Waals surface area (Å²) in [7, 11) is 0. The van der Waals surface area contributed by atoms with Crippen molar-refractivity contribution < 1.29 is 4.79 Å². The summed E-state index contributed by atoms with van der Waals surface area (Å²) in [6.07, 6.45) is 3.26. The Morgan fingerprint density at radius 2 is 2.47 bits per heavy atom. The predicted molar refractivity (Wildman–Crippen MR) is 59.4 cm³/mol. The van der Waals surface area contributed by atoms with E-state index in [-0.39, 0.29) is 11.8 Å². The van der Waals surface area contributed by atoms with E-state index in [1.807, 2.05) is 0 Å². The van der Waals surface area contributed by atoms with Crippen LogP contribution in [0, 0.1) is 5.92 Å². The summed E-state index contributed by atoms with van der Waals surface area (Å²) in [5.74, 6) is 0.468. The average Bonchev–Trinajstić information content (AvgIpc) is 2.64. The van der Waals surface area contributed by atoms with Gasteiger partial charge in [0.25, 0.3) is 0 Å². The lowest BCUT2D eigenvalue weighted by Crippen LogP contribution is -2.52. The molecule has 1 amide bonds. The predicted octanol–water partition coefficient (Wildman–Crippen LogP) is -0.0659. The van der Waals surface area contributed by atoms with Gasteiger partial charge in [0.2, 0.25) is 5.91 Å². The summed E-state index contributed by atoms with van der Waals surface area (Å²) in [6.45, 7) is 4.80. The molecule has 2 aliphatic heterocycles. The number of hydrogen-bond donors (Lipinski definition) is 2. The van der Waals surface area contributed by atoms with Crippen LogP contribution in [0.2, 0.25) is 0 Å². The van der Waals surface area contributed by atoms with Crippen LogP contribution in [0.1, 0.15) is 26.2 Å². The standard InChI is InChI=1S/C11H21N3O/c1-2-8(6-12)14-5-3-4-9-10(14)7-13-11(9)15/h8-10H,2-7,12H2,1H3,(H,13,15). The SMILES string of the molecule is CCC(CN)N1CCCC2C(=O)NCC21. The van der Waals surface area contributed by atoms with Gasteiger partial charge in [0, 0.05) is 25.2 Å². The molecular weight excluding hydrogens is 190 g/mol. The van der Waals surface area contributed by atoms with Gasteiger partial charge < -0.3 is 11.1 Å². The fourth-order valence-electron chi connectivity index (χ4n) is 2.97. The van der Waals surface area contributed by atoms with E-state index in [2.05, 4.69) is 17.1 Å². The molecule has 2 aliphatic rings. The monoisotopic (exact) mass is 211 g/mol. The number of fused-ring (bicyclic) bond motifs is 1. The van der Waals surface area contributed by atoms with Gasteiger partial charge in [-0.15, -0.1) is 0 Å². The second-order valence-corrected chi connectivity index (χ2v) is 4.60. The second-order valence-electron chi connectivity index (χ2n) is 4.60. The maximum absolute atomic E-state index is 11.6. The number of nitrogens with one attached hydrogen (secondary N) is 1. The van der Waals surface area contributed by atoms with Gasteiger partial charge in [0.1, 0.15) is 0 Å². The van der Waals surface area contributed by atoms with Crippen molar-refractivity contribution in [2.24, 2.45) is 11.7 Å². The summed E-state index contributed by atoms with van der Waals surface area (Å²) in [5, 5.41) is 2.97. The van der Waals surface area contributed by atoms with E-state index in [4.69, 9.17) is 5.73 Å². The minimum atomic E-state index is 0.222. The molecule has 3 unspecified atom stereocenters.